The molecule has 2 aromatic carbocycles. The number of hydrogen-bond donors (Lipinski definition) is 1. The summed E-state index contributed by atoms with van der Waals surface area (Å²) in [6.45, 7) is 0. The van der Waals surface area contributed by atoms with Crippen LogP contribution in [0.3, 0.4) is 0 Å². The lowest BCUT2D eigenvalue weighted by Crippen LogP contribution is -2.38. The van der Waals surface area contributed by atoms with Crippen LogP contribution >= 0.6 is 15.9 Å². The number of ketones is 1. The average molecular weight is 392 g/mol. The van der Waals surface area contributed by atoms with Gasteiger partial charge in [0.2, 0.25) is 0 Å². The number of carbonyl (C=O) groups is 2. The minimum Gasteiger partial charge on any atom is -0.481 e. The largest absolute Gasteiger partial charge is 0.481 e. The lowest BCUT2D eigenvalue weighted by atomic mass is 9.87. The zero-order valence-corrected chi connectivity index (χ0v) is 14.0. The molecule has 0 aliphatic rings. The summed E-state index contributed by atoms with van der Waals surface area (Å²) in [5.74, 6) is -3.47. The standard InChI is InChI=1S/C17H14BrNO5/c18-14(16(20)12-9-5-2-6-10-12)13(17(21)22)15(19(23)24)11-7-3-1-4-8-11/h1-10,13-15H,(H,21,22). The summed E-state index contributed by atoms with van der Waals surface area (Å²) in [5.41, 5.74) is 0.529. The number of halogens is 1. The average Bonchev–Trinajstić information content (AvgIpc) is 2.59. The second-order valence-corrected chi connectivity index (χ2v) is 6.12. The van der Waals surface area contributed by atoms with Crippen molar-refractivity contribution >= 4 is 27.7 Å². The van der Waals surface area contributed by atoms with Crippen LogP contribution in [-0.4, -0.2) is 26.6 Å². The highest BCUT2D eigenvalue weighted by Gasteiger charge is 2.46. The summed E-state index contributed by atoms with van der Waals surface area (Å²) in [6.07, 6.45) is 0. The summed E-state index contributed by atoms with van der Waals surface area (Å²) in [4.78, 5) is 33.9. The summed E-state index contributed by atoms with van der Waals surface area (Å²) in [6, 6.07) is 14.4. The number of Topliss-reactive ketones (excluding diaryl/α,β-unsaturated/α-hetero) is 1. The van der Waals surface area contributed by atoms with E-state index < -0.39 is 33.5 Å². The Bertz CT molecular complexity index is 735. The van der Waals surface area contributed by atoms with Gasteiger partial charge in [0.05, 0.1) is 4.83 Å². The van der Waals surface area contributed by atoms with Crippen LogP contribution in [0.15, 0.2) is 60.7 Å². The number of carboxylic acid groups (broad SMARTS) is 1. The lowest BCUT2D eigenvalue weighted by Gasteiger charge is -2.21. The molecule has 0 bridgehead atoms. The van der Waals surface area contributed by atoms with E-state index in [4.69, 9.17) is 0 Å². The molecular weight excluding hydrogens is 378 g/mol. The van der Waals surface area contributed by atoms with Gasteiger partial charge in [-0.15, -0.1) is 0 Å². The predicted octanol–water partition coefficient (Wildman–Crippen LogP) is 3.35. The van der Waals surface area contributed by atoms with Gasteiger partial charge in [-0.1, -0.05) is 76.6 Å². The van der Waals surface area contributed by atoms with E-state index in [-0.39, 0.29) is 5.56 Å². The summed E-state index contributed by atoms with van der Waals surface area (Å²) in [5, 5.41) is 21.1. The highest BCUT2D eigenvalue weighted by atomic mass is 79.9. The topological polar surface area (TPSA) is 97.5 Å². The smallest absolute Gasteiger partial charge is 0.315 e. The minimum atomic E-state index is -1.55. The number of hydrogen-bond acceptors (Lipinski definition) is 4. The van der Waals surface area contributed by atoms with Crippen molar-refractivity contribution in [1.82, 2.24) is 0 Å². The van der Waals surface area contributed by atoms with Gasteiger partial charge in [0.15, 0.2) is 5.78 Å². The van der Waals surface area contributed by atoms with Crippen molar-refractivity contribution in [2.24, 2.45) is 5.92 Å². The molecule has 0 saturated carbocycles. The zero-order chi connectivity index (χ0) is 17.7. The normalized spacial score (nSPS) is 14.4. The van der Waals surface area contributed by atoms with E-state index in [9.17, 15) is 24.8 Å². The molecule has 1 N–H and O–H groups in total. The third-order valence-corrected chi connectivity index (χ3v) is 4.60. The van der Waals surface area contributed by atoms with Gasteiger partial charge in [-0.2, -0.15) is 0 Å². The van der Waals surface area contributed by atoms with Gasteiger partial charge in [-0.05, 0) is 0 Å². The van der Waals surface area contributed by atoms with E-state index in [2.05, 4.69) is 15.9 Å². The molecule has 0 amide bonds. The Kier molecular flexibility index (Phi) is 5.81. The SMILES string of the molecule is O=C(c1ccccc1)C(Br)C(C(=O)O)C(c1ccccc1)[N+](=O)[O-]. The van der Waals surface area contributed by atoms with Crippen molar-refractivity contribution in [3.63, 3.8) is 0 Å². The number of alkyl halides is 1. The Hall–Kier alpha value is -2.54. The highest BCUT2D eigenvalue weighted by molar-refractivity contribution is 9.10. The van der Waals surface area contributed by atoms with Crippen molar-refractivity contribution in [2.45, 2.75) is 10.9 Å². The van der Waals surface area contributed by atoms with Crippen molar-refractivity contribution < 1.29 is 19.6 Å². The van der Waals surface area contributed by atoms with E-state index in [0.29, 0.717) is 5.56 Å². The molecule has 0 aliphatic carbocycles. The van der Waals surface area contributed by atoms with Crippen molar-refractivity contribution in [3.05, 3.63) is 81.9 Å². The predicted molar refractivity (Wildman–Crippen MR) is 90.8 cm³/mol. The molecule has 7 heteroatoms. The third-order valence-electron chi connectivity index (χ3n) is 3.62. The number of nitro groups is 1. The molecule has 0 heterocycles. The van der Waals surface area contributed by atoms with Gasteiger partial charge in [0, 0.05) is 16.1 Å². The Morgan fingerprint density at radius 1 is 1.00 bits per heavy atom. The molecule has 0 fully saturated rings. The summed E-state index contributed by atoms with van der Waals surface area (Å²) in [7, 11) is 0. The molecule has 24 heavy (non-hydrogen) atoms. The molecule has 0 spiro atoms. The highest BCUT2D eigenvalue weighted by Crippen LogP contribution is 2.33. The minimum absolute atomic E-state index is 0.236. The van der Waals surface area contributed by atoms with Crippen molar-refractivity contribution in [3.8, 4) is 0 Å². The van der Waals surface area contributed by atoms with Crippen LogP contribution in [0.1, 0.15) is 22.0 Å². The quantitative estimate of drug-likeness (QED) is 0.337. The molecule has 3 atom stereocenters. The molecule has 2 aromatic rings. The fraction of sp³-hybridized carbons (Fsp3) is 0.176. The first kappa shape index (κ1) is 17.8. The second-order valence-electron chi connectivity index (χ2n) is 5.14. The molecule has 0 radical (unpaired) electrons. The Balaban J connectivity index is 2.42. The van der Waals surface area contributed by atoms with Crippen LogP contribution in [0.4, 0.5) is 0 Å². The second kappa shape index (κ2) is 7.83. The van der Waals surface area contributed by atoms with E-state index in [1.807, 2.05) is 0 Å². The number of benzene rings is 2. The van der Waals surface area contributed by atoms with Gasteiger partial charge in [-0.25, -0.2) is 0 Å². The van der Waals surface area contributed by atoms with Crippen LogP contribution in [0.2, 0.25) is 0 Å². The van der Waals surface area contributed by atoms with Crippen molar-refractivity contribution in [2.75, 3.05) is 0 Å². The maximum absolute atomic E-state index is 12.5. The van der Waals surface area contributed by atoms with Gasteiger partial charge in [0.25, 0.3) is 6.04 Å². The van der Waals surface area contributed by atoms with E-state index in [0.717, 1.165) is 0 Å². The van der Waals surface area contributed by atoms with Crippen molar-refractivity contribution in [1.29, 1.82) is 0 Å². The van der Waals surface area contributed by atoms with E-state index in [1.165, 1.54) is 12.1 Å². The maximum atomic E-state index is 12.5. The Labute approximate surface area is 146 Å². The van der Waals surface area contributed by atoms with Gasteiger partial charge in [-0.3, -0.25) is 19.7 Å². The van der Waals surface area contributed by atoms with Crippen LogP contribution in [0, 0.1) is 16.0 Å². The molecular formula is C17H14BrNO5. The lowest BCUT2D eigenvalue weighted by molar-refractivity contribution is -0.536. The Morgan fingerprint density at radius 2 is 1.50 bits per heavy atom. The number of rotatable bonds is 7. The molecule has 2 rings (SSSR count). The van der Waals surface area contributed by atoms with Crippen LogP contribution in [0.5, 0.6) is 0 Å². The maximum Gasteiger partial charge on any atom is 0.315 e. The molecule has 0 aliphatic heterocycles. The first-order valence-electron chi connectivity index (χ1n) is 7.08. The molecule has 124 valence electrons. The van der Waals surface area contributed by atoms with Gasteiger partial charge >= 0.3 is 5.97 Å². The van der Waals surface area contributed by atoms with E-state index >= 15 is 0 Å². The number of nitrogens with zero attached hydrogens (tertiary/aromatic N) is 1. The first-order valence-corrected chi connectivity index (χ1v) is 7.99. The number of carbonyl (C=O) groups excluding carboxylic acids is 1. The van der Waals surface area contributed by atoms with Gasteiger partial charge < -0.3 is 5.11 Å². The number of aliphatic carboxylic acids is 1. The fourth-order valence-electron chi connectivity index (χ4n) is 2.46. The molecule has 0 aromatic heterocycles. The Morgan fingerprint density at radius 3 is 1.96 bits per heavy atom. The first-order chi connectivity index (χ1) is 11.4. The van der Waals surface area contributed by atoms with E-state index in [1.54, 1.807) is 48.5 Å². The monoisotopic (exact) mass is 391 g/mol. The zero-order valence-electron chi connectivity index (χ0n) is 12.4. The van der Waals surface area contributed by atoms with Crippen LogP contribution < -0.4 is 0 Å². The molecule has 3 unspecified atom stereocenters. The summed E-state index contributed by atoms with van der Waals surface area (Å²) < 4.78 is 0. The third kappa shape index (κ3) is 3.86. The number of carboxylic acids is 1. The van der Waals surface area contributed by atoms with Crippen LogP contribution in [0.25, 0.3) is 0 Å². The molecule has 6 nitrogen and oxygen atoms in total. The fourth-order valence-corrected chi connectivity index (χ4v) is 3.23. The summed E-state index contributed by atoms with van der Waals surface area (Å²) >= 11 is 3.08. The molecule has 0 saturated heterocycles. The van der Waals surface area contributed by atoms with Gasteiger partial charge in [0.1, 0.15) is 5.92 Å². The van der Waals surface area contributed by atoms with Crippen LogP contribution in [-0.2, 0) is 4.79 Å².